The molecule has 0 aliphatic carbocycles. The number of benzene rings is 1. The normalized spacial score (nSPS) is 10.7. The van der Waals surface area contributed by atoms with Crippen LogP contribution in [-0.2, 0) is 6.54 Å². The Labute approximate surface area is 109 Å². The van der Waals surface area contributed by atoms with Crippen molar-refractivity contribution in [3.63, 3.8) is 0 Å². The van der Waals surface area contributed by atoms with Crippen molar-refractivity contribution in [3.8, 4) is 17.0 Å². The number of H-pyrrole nitrogens is 2. The zero-order valence-corrected chi connectivity index (χ0v) is 10.9. The SMILES string of the molecule is COc1cc(C)c(Cl)cc1-c1[nH][nH]c(=O)c1CN. The van der Waals surface area contributed by atoms with Gasteiger partial charge in [0.05, 0.1) is 18.4 Å². The number of aromatic nitrogens is 2. The van der Waals surface area contributed by atoms with Crippen molar-refractivity contribution >= 4 is 11.6 Å². The van der Waals surface area contributed by atoms with Gasteiger partial charge in [0, 0.05) is 17.1 Å². The van der Waals surface area contributed by atoms with Crippen LogP contribution >= 0.6 is 11.6 Å². The Bertz CT molecular complexity index is 631. The number of aromatic amines is 2. The fraction of sp³-hybridized carbons (Fsp3) is 0.250. The first-order chi connectivity index (χ1) is 8.58. The third-order valence-electron chi connectivity index (χ3n) is 2.83. The molecule has 6 heteroatoms. The number of aryl methyl sites for hydroxylation is 1. The van der Waals surface area contributed by atoms with Gasteiger partial charge >= 0.3 is 0 Å². The van der Waals surface area contributed by atoms with E-state index in [1.54, 1.807) is 13.2 Å². The third kappa shape index (κ3) is 2.02. The van der Waals surface area contributed by atoms with Crippen molar-refractivity contribution in [2.45, 2.75) is 13.5 Å². The number of hydrogen-bond acceptors (Lipinski definition) is 3. The molecule has 0 saturated carbocycles. The highest BCUT2D eigenvalue weighted by Crippen LogP contribution is 2.34. The summed E-state index contributed by atoms with van der Waals surface area (Å²) in [4.78, 5) is 11.6. The molecule has 1 heterocycles. The van der Waals surface area contributed by atoms with Crippen molar-refractivity contribution in [2.75, 3.05) is 7.11 Å². The molecule has 5 nitrogen and oxygen atoms in total. The first-order valence-corrected chi connectivity index (χ1v) is 5.80. The smallest absolute Gasteiger partial charge is 0.269 e. The summed E-state index contributed by atoms with van der Waals surface area (Å²) >= 11 is 6.11. The Hall–Kier alpha value is -1.72. The molecule has 1 aromatic carbocycles. The number of halogens is 1. The van der Waals surface area contributed by atoms with Crippen LogP contribution in [0.1, 0.15) is 11.1 Å². The van der Waals surface area contributed by atoms with Crippen LogP contribution in [0.2, 0.25) is 5.02 Å². The lowest BCUT2D eigenvalue weighted by molar-refractivity contribution is 0.416. The molecule has 0 fully saturated rings. The molecule has 2 aromatic rings. The van der Waals surface area contributed by atoms with Gasteiger partial charge in [-0.15, -0.1) is 0 Å². The predicted octanol–water partition coefficient (Wildman–Crippen LogP) is 1.80. The van der Waals surface area contributed by atoms with Crippen LogP contribution in [-0.4, -0.2) is 17.3 Å². The minimum atomic E-state index is -0.230. The van der Waals surface area contributed by atoms with Gasteiger partial charge in [-0.05, 0) is 24.6 Å². The van der Waals surface area contributed by atoms with Gasteiger partial charge in [-0.3, -0.25) is 15.0 Å². The number of rotatable bonds is 3. The average molecular weight is 268 g/mol. The summed E-state index contributed by atoms with van der Waals surface area (Å²) in [6.45, 7) is 2.03. The van der Waals surface area contributed by atoms with E-state index in [1.807, 2.05) is 13.0 Å². The highest BCUT2D eigenvalue weighted by molar-refractivity contribution is 6.31. The molecular formula is C12H14ClN3O2. The zero-order valence-electron chi connectivity index (χ0n) is 10.1. The Kier molecular flexibility index (Phi) is 3.45. The molecule has 96 valence electrons. The quantitative estimate of drug-likeness (QED) is 0.793. The molecule has 0 atom stereocenters. The van der Waals surface area contributed by atoms with E-state index >= 15 is 0 Å². The van der Waals surface area contributed by atoms with Crippen LogP contribution in [0, 0.1) is 6.92 Å². The predicted molar refractivity (Wildman–Crippen MR) is 71.0 cm³/mol. The topological polar surface area (TPSA) is 83.9 Å². The van der Waals surface area contributed by atoms with E-state index in [-0.39, 0.29) is 12.1 Å². The first kappa shape index (κ1) is 12.7. The van der Waals surface area contributed by atoms with Crippen LogP contribution in [0.3, 0.4) is 0 Å². The summed E-state index contributed by atoms with van der Waals surface area (Å²) in [6, 6.07) is 3.58. The molecule has 0 radical (unpaired) electrons. The number of nitrogens with one attached hydrogen (secondary N) is 2. The molecule has 1 aromatic heterocycles. The van der Waals surface area contributed by atoms with Crippen LogP contribution < -0.4 is 16.0 Å². The Balaban J connectivity index is 2.70. The van der Waals surface area contributed by atoms with E-state index in [9.17, 15) is 4.79 Å². The lowest BCUT2D eigenvalue weighted by Crippen LogP contribution is -2.10. The fourth-order valence-electron chi connectivity index (χ4n) is 1.83. The van der Waals surface area contributed by atoms with Gasteiger partial charge in [-0.1, -0.05) is 11.6 Å². The molecule has 0 amide bonds. The van der Waals surface area contributed by atoms with E-state index in [2.05, 4.69) is 10.2 Å². The van der Waals surface area contributed by atoms with Gasteiger partial charge in [-0.2, -0.15) is 0 Å². The maximum Gasteiger partial charge on any atom is 0.269 e. The van der Waals surface area contributed by atoms with E-state index in [4.69, 9.17) is 22.1 Å². The third-order valence-corrected chi connectivity index (χ3v) is 3.24. The fourth-order valence-corrected chi connectivity index (χ4v) is 1.99. The van der Waals surface area contributed by atoms with Gasteiger partial charge in [-0.25, -0.2) is 0 Å². The molecule has 0 spiro atoms. The van der Waals surface area contributed by atoms with Crippen molar-refractivity contribution in [2.24, 2.45) is 5.73 Å². The number of hydrogen-bond donors (Lipinski definition) is 3. The van der Waals surface area contributed by atoms with E-state index in [0.29, 0.717) is 27.6 Å². The van der Waals surface area contributed by atoms with Gasteiger partial charge in [0.2, 0.25) is 0 Å². The van der Waals surface area contributed by atoms with E-state index < -0.39 is 0 Å². The number of nitrogens with two attached hydrogens (primary N) is 1. The molecule has 0 unspecified atom stereocenters. The maximum atomic E-state index is 11.6. The largest absolute Gasteiger partial charge is 0.496 e. The first-order valence-electron chi connectivity index (χ1n) is 5.42. The van der Waals surface area contributed by atoms with Crippen molar-refractivity contribution in [1.82, 2.24) is 10.2 Å². The average Bonchev–Trinajstić information content (AvgIpc) is 2.73. The minimum Gasteiger partial charge on any atom is -0.496 e. The molecule has 4 N–H and O–H groups in total. The summed E-state index contributed by atoms with van der Waals surface area (Å²) in [6.07, 6.45) is 0. The van der Waals surface area contributed by atoms with Crippen molar-refractivity contribution < 1.29 is 4.74 Å². The van der Waals surface area contributed by atoms with Crippen LogP contribution in [0.15, 0.2) is 16.9 Å². The van der Waals surface area contributed by atoms with E-state index in [0.717, 1.165) is 5.56 Å². The van der Waals surface area contributed by atoms with Crippen molar-refractivity contribution in [3.05, 3.63) is 38.6 Å². The second kappa shape index (κ2) is 4.88. The molecule has 18 heavy (non-hydrogen) atoms. The lowest BCUT2D eigenvalue weighted by atomic mass is 10.0. The minimum absolute atomic E-state index is 0.142. The standard InChI is InChI=1S/C12H14ClN3O2/c1-6-3-10(18-2)7(4-9(6)13)11-8(5-14)12(17)16-15-11/h3-4H,5,14H2,1-2H3,(H2,15,16,17). The Morgan fingerprint density at radius 1 is 1.39 bits per heavy atom. The van der Waals surface area contributed by atoms with Crippen LogP contribution in [0.4, 0.5) is 0 Å². The van der Waals surface area contributed by atoms with Gasteiger partial charge in [0.25, 0.3) is 5.56 Å². The number of methoxy groups -OCH3 is 1. The summed E-state index contributed by atoms with van der Waals surface area (Å²) < 4.78 is 5.31. The number of ether oxygens (including phenoxy) is 1. The second-order valence-electron chi connectivity index (χ2n) is 3.94. The Morgan fingerprint density at radius 3 is 2.72 bits per heavy atom. The zero-order chi connectivity index (χ0) is 13.3. The van der Waals surface area contributed by atoms with Crippen molar-refractivity contribution in [1.29, 1.82) is 0 Å². The molecule has 2 rings (SSSR count). The molecular weight excluding hydrogens is 254 g/mol. The van der Waals surface area contributed by atoms with Gasteiger partial charge in [0.15, 0.2) is 0 Å². The maximum absolute atomic E-state index is 11.6. The summed E-state index contributed by atoms with van der Waals surface area (Å²) in [5.41, 5.74) is 8.06. The highest BCUT2D eigenvalue weighted by atomic mass is 35.5. The van der Waals surface area contributed by atoms with Crippen LogP contribution in [0.5, 0.6) is 5.75 Å². The monoisotopic (exact) mass is 267 g/mol. The molecule has 0 bridgehead atoms. The molecule has 0 saturated heterocycles. The summed E-state index contributed by atoms with van der Waals surface area (Å²) in [7, 11) is 1.57. The molecule has 0 aliphatic heterocycles. The van der Waals surface area contributed by atoms with E-state index in [1.165, 1.54) is 0 Å². The van der Waals surface area contributed by atoms with Gasteiger partial charge in [0.1, 0.15) is 5.75 Å². The Morgan fingerprint density at radius 2 is 2.11 bits per heavy atom. The summed E-state index contributed by atoms with van der Waals surface area (Å²) in [5, 5.41) is 5.93. The van der Waals surface area contributed by atoms with Gasteiger partial charge < -0.3 is 10.5 Å². The lowest BCUT2D eigenvalue weighted by Gasteiger charge is -2.10. The summed E-state index contributed by atoms with van der Waals surface area (Å²) in [5.74, 6) is 0.641. The van der Waals surface area contributed by atoms with Crippen LogP contribution in [0.25, 0.3) is 11.3 Å². The second-order valence-corrected chi connectivity index (χ2v) is 4.35. The molecule has 0 aliphatic rings. The highest BCUT2D eigenvalue weighted by Gasteiger charge is 2.16.